The maximum Gasteiger partial charge on any atom is 0.230 e. The summed E-state index contributed by atoms with van der Waals surface area (Å²) in [5, 5.41) is 10.9. The van der Waals surface area contributed by atoms with Gasteiger partial charge in [-0.1, -0.05) is 38.1 Å². The van der Waals surface area contributed by atoms with Gasteiger partial charge in [0.25, 0.3) is 0 Å². The van der Waals surface area contributed by atoms with Gasteiger partial charge in [0.2, 0.25) is 5.91 Å². The predicted molar refractivity (Wildman–Crippen MR) is 111 cm³/mol. The first-order valence-corrected chi connectivity index (χ1v) is 9.29. The van der Waals surface area contributed by atoms with Crippen molar-refractivity contribution in [3.8, 4) is 0 Å². The summed E-state index contributed by atoms with van der Waals surface area (Å²) in [4.78, 5) is 24.0. The normalized spacial score (nSPS) is 11.6. The van der Waals surface area contributed by atoms with Gasteiger partial charge in [0.1, 0.15) is 23.6 Å². The molecule has 0 aliphatic rings. The minimum atomic E-state index is -0.165. The molecule has 0 aliphatic heterocycles. The highest BCUT2D eigenvalue weighted by Crippen LogP contribution is 2.25. The van der Waals surface area contributed by atoms with Crippen molar-refractivity contribution in [2.75, 3.05) is 10.6 Å². The molecule has 0 radical (unpaired) electrons. The molecule has 0 unspecified atom stereocenters. The van der Waals surface area contributed by atoms with Gasteiger partial charge in [-0.05, 0) is 23.8 Å². The number of carbonyl (C=O) groups is 1. The Hall–Kier alpha value is -3.68. The molecule has 0 bridgehead atoms. The van der Waals surface area contributed by atoms with Crippen molar-refractivity contribution in [1.29, 1.82) is 0 Å². The SMILES string of the molecule is CC(C)(C)c1cc(NC(=O)Cc2cccc(Nc3ncnc4[nH]ccc34)c2)no1. The Morgan fingerprint density at radius 1 is 1.17 bits per heavy atom. The summed E-state index contributed by atoms with van der Waals surface area (Å²) in [6, 6.07) is 11.3. The molecule has 148 valence electrons. The van der Waals surface area contributed by atoms with Crippen molar-refractivity contribution in [3.05, 3.63) is 60.2 Å². The smallest absolute Gasteiger partial charge is 0.230 e. The molecule has 0 saturated carbocycles. The van der Waals surface area contributed by atoms with Gasteiger partial charge in [0.05, 0.1) is 11.8 Å². The first-order chi connectivity index (χ1) is 13.9. The fourth-order valence-corrected chi connectivity index (χ4v) is 2.93. The van der Waals surface area contributed by atoms with E-state index in [1.165, 1.54) is 6.33 Å². The number of benzene rings is 1. The summed E-state index contributed by atoms with van der Waals surface area (Å²) in [5.41, 5.74) is 2.31. The zero-order chi connectivity index (χ0) is 20.4. The Balaban J connectivity index is 1.44. The molecule has 4 aromatic rings. The van der Waals surface area contributed by atoms with Gasteiger partial charge in [0, 0.05) is 23.4 Å². The van der Waals surface area contributed by atoms with Crippen LogP contribution in [0.2, 0.25) is 0 Å². The largest absolute Gasteiger partial charge is 0.359 e. The number of aromatic amines is 1. The van der Waals surface area contributed by atoms with Gasteiger partial charge >= 0.3 is 0 Å². The van der Waals surface area contributed by atoms with E-state index in [1.807, 2.05) is 57.3 Å². The van der Waals surface area contributed by atoms with Crippen molar-refractivity contribution in [2.24, 2.45) is 0 Å². The number of hydrogen-bond acceptors (Lipinski definition) is 6. The van der Waals surface area contributed by atoms with E-state index in [-0.39, 0.29) is 17.7 Å². The number of rotatable bonds is 5. The molecule has 0 aliphatic carbocycles. The standard InChI is InChI=1S/C21H22N6O2/c1-21(2,3)16-11-17(27-29-16)26-18(28)10-13-5-4-6-14(9-13)25-20-15-7-8-22-19(15)23-12-24-20/h4-9,11-12H,10H2,1-3H3,(H,26,27,28)(H2,22,23,24,25). The molecular formula is C21H22N6O2. The van der Waals surface area contributed by atoms with Crippen LogP contribution in [0, 0.1) is 0 Å². The first-order valence-electron chi connectivity index (χ1n) is 9.29. The summed E-state index contributed by atoms with van der Waals surface area (Å²) >= 11 is 0. The second-order valence-electron chi connectivity index (χ2n) is 7.84. The van der Waals surface area contributed by atoms with Crippen molar-refractivity contribution < 1.29 is 9.32 Å². The van der Waals surface area contributed by atoms with Gasteiger partial charge in [-0.15, -0.1) is 0 Å². The van der Waals surface area contributed by atoms with E-state index in [0.29, 0.717) is 11.6 Å². The topological polar surface area (TPSA) is 109 Å². The number of nitrogens with zero attached hydrogens (tertiary/aromatic N) is 3. The Morgan fingerprint density at radius 3 is 2.83 bits per heavy atom. The Morgan fingerprint density at radius 2 is 2.03 bits per heavy atom. The van der Waals surface area contributed by atoms with Crippen molar-refractivity contribution in [3.63, 3.8) is 0 Å². The van der Waals surface area contributed by atoms with Crippen LogP contribution in [0.1, 0.15) is 32.1 Å². The number of aromatic nitrogens is 4. The van der Waals surface area contributed by atoms with Crippen LogP contribution in [-0.2, 0) is 16.6 Å². The van der Waals surface area contributed by atoms with Crippen LogP contribution < -0.4 is 10.6 Å². The molecule has 8 heteroatoms. The van der Waals surface area contributed by atoms with E-state index in [1.54, 1.807) is 6.07 Å². The number of H-pyrrole nitrogens is 1. The molecule has 29 heavy (non-hydrogen) atoms. The molecule has 3 heterocycles. The minimum absolute atomic E-state index is 0.161. The van der Waals surface area contributed by atoms with Crippen LogP contribution in [0.15, 0.2) is 53.4 Å². The summed E-state index contributed by atoms with van der Waals surface area (Å²) < 4.78 is 5.30. The maximum atomic E-state index is 12.4. The molecular weight excluding hydrogens is 368 g/mol. The number of amides is 1. The number of hydrogen-bond donors (Lipinski definition) is 3. The highest BCUT2D eigenvalue weighted by molar-refractivity contribution is 5.92. The van der Waals surface area contributed by atoms with Crippen molar-refractivity contribution in [2.45, 2.75) is 32.6 Å². The van der Waals surface area contributed by atoms with Crippen LogP contribution in [0.25, 0.3) is 11.0 Å². The van der Waals surface area contributed by atoms with Crippen LogP contribution in [0.3, 0.4) is 0 Å². The molecule has 8 nitrogen and oxygen atoms in total. The average Bonchev–Trinajstić information content (AvgIpc) is 3.31. The average molecular weight is 390 g/mol. The van der Waals surface area contributed by atoms with Gasteiger partial charge in [-0.3, -0.25) is 4.79 Å². The zero-order valence-corrected chi connectivity index (χ0v) is 16.5. The third-order valence-electron chi connectivity index (χ3n) is 4.43. The second-order valence-corrected chi connectivity index (χ2v) is 7.84. The summed E-state index contributed by atoms with van der Waals surface area (Å²) in [7, 11) is 0. The van der Waals surface area contributed by atoms with Crippen molar-refractivity contribution >= 4 is 34.3 Å². The molecule has 3 N–H and O–H groups in total. The van der Waals surface area contributed by atoms with E-state index in [4.69, 9.17) is 4.52 Å². The van der Waals surface area contributed by atoms with E-state index < -0.39 is 0 Å². The van der Waals surface area contributed by atoms with Crippen molar-refractivity contribution in [1.82, 2.24) is 20.1 Å². The summed E-state index contributed by atoms with van der Waals surface area (Å²) in [6.45, 7) is 6.07. The maximum absolute atomic E-state index is 12.4. The van der Waals surface area contributed by atoms with Gasteiger partial charge in [-0.25, -0.2) is 9.97 Å². The Bertz CT molecular complexity index is 1160. The molecule has 0 fully saturated rings. The Labute approximate surface area is 167 Å². The summed E-state index contributed by atoms with van der Waals surface area (Å²) in [6.07, 6.45) is 3.54. The molecule has 0 saturated heterocycles. The van der Waals surface area contributed by atoms with E-state index in [2.05, 4.69) is 30.7 Å². The second kappa shape index (κ2) is 7.38. The van der Waals surface area contributed by atoms with Gasteiger partial charge < -0.3 is 20.1 Å². The number of fused-ring (bicyclic) bond motifs is 1. The van der Waals surface area contributed by atoms with Crippen LogP contribution in [0.5, 0.6) is 0 Å². The van der Waals surface area contributed by atoms with Crippen LogP contribution in [-0.4, -0.2) is 26.0 Å². The molecule has 0 spiro atoms. The zero-order valence-electron chi connectivity index (χ0n) is 16.5. The molecule has 0 atom stereocenters. The lowest BCUT2D eigenvalue weighted by Crippen LogP contribution is -2.15. The number of nitrogens with one attached hydrogen (secondary N) is 3. The quantitative estimate of drug-likeness (QED) is 0.472. The molecule has 3 aromatic heterocycles. The third-order valence-corrected chi connectivity index (χ3v) is 4.43. The van der Waals surface area contributed by atoms with E-state index in [0.717, 1.165) is 28.0 Å². The Kier molecular flexibility index (Phi) is 4.75. The predicted octanol–water partition coefficient (Wildman–Crippen LogP) is 4.17. The number of carbonyl (C=O) groups excluding carboxylic acids is 1. The van der Waals surface area contributed by atoms with E-state index >= 15 is 0 Å². The van der Waals surface area contributed by atoms with Crippen LogP contribution in [0.4, 0.5) is 17.3 Å². The third kappa shape index (κ3) is 4.26. The van der Waals surface area contributed by atoms with Crippen LogP contribution >= 0.6 is 0 Å². The lowest BCUT2D eigenvalue weighted by molar-refractivity contribution is -0.115. The first kappa shape index (κ1) is 18.7. The molecule has 1 amide bonds. The summed E-state index contributed by atoms with van der Waals surface area (Å²) in [5.74, 6) is 1.69. The minimum Gasteiger partial charge on any atom is -0.359 e. The monoisotopic (exact) mass is 390 g/mol. The highest BCUT2D eigenvalue weighted by Gasteiger charge is 2.20. The molecule has 1 aromatic carbocycles. The van der Waals surface area contributed by atoms with Gasteiger partial charge in [-0.2, -0.15) is 0 Å². The lowest BCUT2D eigenvalue weighted by Gasteiger charge is -2.12. The fourth-order valence-electron chi connectivity index (χ4n) is 2.93. The lowest BCUT2D eigenvalue weighted by atomic mass is 9.93. The van der Waals surface area contributed by atoms with Gasteiger partial charge in [0.15, 0.2) is 5.82 Å². The van der Waals surface area contributed by atoms with E-state index in [9.17, 15) is 4.79 Å². The number of anilines is 3. The molecule has 4 rings (SSSR count). The fraction of sp³-hybridized carbons (Fsp3) is 0.238. The highest BCUT2D eigenvalue weighted by atomic mass is 16.5.